The van der Waals surface area contributed by atoms with E-state index in [1.165, 1.54) is 42.5 Å². The lowest BCUT2D eigenvalue weighted by Gasteiger charge is -2.39. The summed E-state index contributed by atoms with van der Waals surface area (Å²) in [6, 6.07) is 13.6. The first-order valence-electron chi connectivity index (χ1n) is 9.78. The summed E-state index contributed by atoms with van der Waals surface area (Å²) in [5, 5.41) is 32.2. The Bertz CT molecular complexity index is 1260. The van der Waals surface area contributed by atoms with Crippen LogP contribution >= 0.6 is 0 Å². The van der Waals surface area contributed by atoms with Gasteiger partial charge in [0.2, 0.25) is 0 Å². The third kappa shape index (κ3) is 3.35. The van der Waals surface area contributed by atoms with Crippen molar-refractivity contribution < 1.29 is 14.6 Å². The molecule has 160 valence electrons. The summed E-state index contributed by atoms with van der Waals surface area (Å²) in [5.74, 6) is -0.839. The van der Waals surface area contributed by atoms with Gasteiger partial charge in [-0.25, -0.2) is 0 Å². The molecule has 0 aromatic heterocycles. The Kier molecular flexibility index (Phi) is 5.16. The van der Waals surface area contributed by atoms with Gasteiger partial charge >= 0.3 is 0 Å². The highest BCUT2D eigenvalue weighted by molar-refractivity contribution is 6.01. The van der Waals surface area contributed by atoms with E-state index in [4.69, 9.17) is 5.73 Å². The molecular formula is C22H17N5O5. The average molecular weight is 431 g/mol. The van der Waals surface area contributed by atoms with Crippen LogP contribution in [0.1, 0.15) is 30.7 Å². The van der Waals surface area contributed by atoms with Gasteiger partial charge in [-0.05, 0) is 24.5 Å². The molecule has 0 saturated carbocycles. The van der Waals surface area contributed by atoms with Gasteiger partial charge in [0.15, 0.2) is 5.78 Å². The van der Waals surface area contributed by atoms with Crippen molar-refractivity contribution >= 4 is 22.8 Å². The summed E-state index contributed by atoms with van der Waals surface area (Å²) in [6.07, 6.45) is 1.36. The Morgan fingerprint density at radius 2 is 1.72 bits per heavy atom. The van der Waals surface area contributed by atoms with Gasteiger partial charge in [-0.15, -0.1) is 0 Å². The third-order valence-corrected chi connectivity index (χ3v) is 5.65. The maximum Gasteiger partial charge on any atom is 0.271 e. The van der Waals surface area contributed by atoms with Crippen molar-refractivity contribution in [2.75, 3.05) is 4.90 Å². The Balaban J connectivity index is 1.93. The Morgan fingerprint density at radius 3 is 2.34 bits per heavy atom. The predicted molar refractivity (Wildman–Crippen MR) is 114 cm³/mol. The average Bonchev–Trinajstić information content (AvgIpc) is 2.78. The van der Waals surface area contributed by atoms with Crippen LogP contribution in [0.2, 0.25) is 0 Å². The van der Waals surface area contributed by atoms with Gasteiger partial charge in [0.05, 0.1) is 33.1 Å². The number of rotatable bonds is 4. The highest BCUT2D eigenvalue weighted by Gasteiger charge is 2.40. The van der Waals surface area contributed by atoms with E-state index in [2.05, 4.69) is 6.07 Å². The van der Waals surface area contributed by atoms with Crippen LogP contribution < -0.4 is 10.6 Å². The monoisotopic (exact) mass is 431 g/mol. The zero-order valence-corrected chi connectivity index (χ0v) is 16.7. The van der Waals surface area contributed by atoms with Gasteiger partial charge in [0.25, 0.3) is 11.4 Å². The third-order valence-electron chi connectivity index (χ3n) is 5.65. The quantitative estimate of drug-likeness (QED) is 0.565. The van der Waals surface area contributed by atoms with Crippen molar-refractivity contribution in [2.24, 2.45) is 5.73 Å². The summed E-state index contributed by atoms with van der Waals surface area (Å²) in [4.78, 5) is 35.8. The Hall–Kier alpha value is -4.52. The van der Waals surface area contributed by atoms with E-state index in [0.29, 0.717) is 41.8 Å². The molecule has 0 radical (unpaired) electrons. The molecular weight excluding hydrogens is 414 g/mol. The number of nitrogens with zero attached hydrogens (tertiary/aromatic N) is 4. The largest absolute Gasteiger partial charge is 0.384 e. The van der Waals surface area contributed by atoms with Gasteiger partial charge in [-0.3, -0.25) is 29.9 Å². The van der Waals surface area contributed by atoms with E-state index >= 15 is 0 Å². The van der Waals surface area contributed by atoms with Crippen LogP contribution in [0.15, 0.2) is 71.2 Å². The fraction of sp³-hybridized carbons (Fsp3) is 0.182. The molecule has 1 aliphatic heterocycles. The molecule has 1 aliphatic carbocycles. The Morgan fingerprint density at radius 1 is 1.03 bits per heavy atom. The highest BCUT2D eigenvalue weighted by atomic mass is 16.6. The smallest absolute Gasteiger partial charge is 0.271 e. The first-order valence-corrected chi connectivity index (χ1v) is 9.78. The van der Waals surface area contributed by atoms with Crippen LogP contribution in [-0.2, 0) is 4.79 Å². The normalized spacial score (nSPS) is 18.3. The minimum atomic E-state index is -0.765. The summed E-state index contributed by atoms with van der Waals surface area (Å²) in [5.41, 5.74) is 8.17. The molecule has 1 heterocycles. The highest BCUT2D eigenvalue weighted by Crippen LogP contribution is 2.46. The molecule has 4 rings (SSSR count). The molecule has 10 nitrogen and oxygen atoms in total. The molecule has 1 atom stereocenters. The molecule has 2 aromatic carbocycles. The number of non-ortho nitro benzene ring substituents is 2. The zero-order chi connectivity index (χ0) is 23.0. The van der Waals surface area contributed by atoms with E-state index in [-0.39, 0.29) is 28.6 Å². The van der Waals surface area contributed by atoms with E-state index in [0.717, 1.165) is 0 Å². The first kappa shape index (κ1) is 20.7. The predicted octanol–water partition coefficient (Wildman–Crippen LogP) is 3.81. The summed E-state index contributed by atoms with van der Waals surface area (Å²) >= 11 is 0. The number of benzene rings is 2. The van der Waals surface area contributed by atoms with Gasteiger partial charge < -0.3 is 5.73 Å². The van der Waals surface area contributed by atoms with Crippen LogP contribution in [0.5, 0.6) is 0 Å². The molecule has 0 bridgehead atoms. The molecule has 1 unspecified atom stereocenters. The first-order chi connectivity index (χ1) is 15.3. The molecule has 2 aromatic rings. The van der Waals surface area contributed by atoms with E-state index in [1.807, 2.05) is 0 Å². The van der Waals surface area contributed by atoms with E-state index < -0.39 is 15.8 Å². The van der Waals surface area contributed by atoms with Crippen molar-refractivity contribution in [1.82, 2.24) is 0 Å². The number of allylic oxidation sites excluding steroid dienone is 3. The number of nitrogens with two attached hydrogens (primary N) is 1. The number of nitro benzene ring substituents is 2. The lowest BCUT2D eigenvalue weighted by atomic mass is 9.75. The van der Waals surface area contributed by atoms with E-state index in [9.17, 15) is 30.3 Å². The van der Waals surface area contributed by atoms with Crippen LogP contribution in [0.4, 0.5) is 17.1 Å². The van der Waals surface area contributed by atoms with Crippen LogP contribution in [-0.4, -0.2) is 15.6 Å². The summed E-state index contributed by atoms with van der Waals surface area (Å²) in [6.45, 7) is 0. The molecule has 0 fully saturated rings. The number of hydrogen-bond donors (Lipinski definition) is 1. The van der Waals surface area contributed by atoms with Gasteiger partial charge in [0.1, 0.15) is 5.82 Å². The number of ketones is 1. The Labute approximate surface area is 182 Å². The van der Waals surface area contributed by atoms with Crippen molar-refractivity contribution in [3.8, 4) is 6.07 Å². The number of nitro groups is 2. The number of carbonyl (C=O) groups is 1. The SMILES string of the molecule is N#CC1=C(N)N(c2cccc([N+](=O)[O-])c2)C2=C(C(=O)CCC2)C1c1ccc([N+](=O)[O-])cc1. The standard InChI is InChI=1S/C22H17N5O5/c23-12-17-20(13-7-9-14(10-8-13)26(29)30)21-18(5-2-6-19(21)28)25(22(17)24)15-3-1-4-16(11-15)27(31)32/h1,3-4,7-11,20H,2,5-6,24H2. The molecule has 0 saturated heterocycles. The second-order valence-corrected chi connectivity index (χ2v) is 7.44. The maximum absolute atomic E-state index is 13.0. The van der Waals surface area contributed by atoms with Crippen LogP contribution in [0.25, 0.3) is 0 Å². The summed E-state index contributed by atoms with van der Waals surface area (Å²) < 4.78 is 0. The van der Waals surface area contributed by atoms with E-state index in [1.54, 1.807) is 11.0 Å². The topological polar surface area (TPSA) is 156 Å². The summed E-state index contributed by atoms with van der Waals surface area (Å²) in [7, 11) is 0. The lowest BCUT2D eigenvalue weighted by Crippen LogP contribution is -2.38. The maximum atomic E-state index is 13.0. The number of anilines is 1. The van der Waals surface area contributed by atoms with Crippen molar-refractivity contribution in [3.63, 3.8) is 0 Å². The lowest BCUT2D eigenvalue weighted by molar-refractivity contribution is -0.385. The van der Waals surface area contributed by atoms with Crippen molar-refractivity contribution in [3.05, 3.63) is 97.0 Å². The molecule has 32 heavy (non-hydrogen) atoms. The van der Waals surface area contributed by atoms with Crippen molar-refractivity contribution in [2.45, 2.75) is 25.2 Å². The number of hydrogen-bond acceptors (Lipinski definition) is 8. The fourth-order valence-corrected chi connectivity index (χ4v) is 4.25. The molecule has 2 N–H and O–H groups in total. The van der Waals surface area contributed by atoms with Crippen LogP contribution in [0, 0.1) is 31.6 Å². The fourth-order valence-electron chi connectivity index (χ4n) is 4.25. The molecule has 10 heteroatoms. The number of Topliss-reactive ketones (excluding diaryl/α,β-unsaturated/α-hetero) is 1. The minimum absolute atomic E-state index is 0.0739. The van der Waals surface area contributed by atoms with Crippen LogP contribution in [0.3, 0.4) is 0 Å². The van der Waals surface area contributed by atoms with Crippen molar-refractivity contribution in [1.29, 1.82) is 5.26 Å². The molecule has 2 aliphatic rings. The molecule has 0 amide bonds. The second-order valence-electron chi connectivity index (χ2n) is 7.44. The second kappa shape index (κ2) is 7.96. The number of carbonyl (C=O) groups excluding carboxylic acids is 1. The number of nitriles is 1. The zero-order valence-electron chi connectivity index (χ0n) is 16.7. The van der Waals surface area contributed by atoms with Gasteiger partial charge in [-0.1, -0.05) is 18.2 Å². The van der Waals surface area contributed by atoms with Gasteiger partial charge in [-0.2, -0.15) is 5.26 Å². The molecule has 0 spiro atoms. The van der Waals surface area contributed by atoms with Gasteiger partial charge in [0, 0.05) is 42.0 Å². The minimum Gasteiger partial charge on any atom is -0.384 e.